The highest BCUT2D eigenvalue weighted by Crippen LogP contribution is 2.36. The first-order valence-corrected chi connectivity index (χ1v) is 13.7. The SMILES string of the molecule is CN[C@@H](C)C(=O)N[C@H](C(=O)N1CCCC1c1nc(C(=O)c2cccc(OC)c2)cs1)C1CCCCC1. The summed E-state index contributed by atoms with van der Waals surface area (Å²) in [6, 6.07) is 5.94. The minimum Gasteiger partial charge on any atom is -0.497 e. The van der Waals surface area contributed by atoms with Crippen molar-refractivity contribution < 1.29 is 19.1 Å². The normalized spacial score (nSPS) is 20.1. The van der Waals surface area contributed by atoms with Gasteiger partial charge in [-0.3, -0.25) is 14.4 Å². The summed E-state index contributed by atoms with van der Waals surface area (Å²) in [7, 11) is 3.31. The highest BCUT2D eigenvalue weighted by molar-refractivity contribution is 7.10. The summed E-state index contributed by atoms with van der Waals surface area (Å²) < 4.78 is 5.24. The van der Waals surface area contributed by atoms with E-state index in [1.165, 1.54) is 17.8 Å². The molecule has 194 valence electrons. The van der Waals surface area contributed by atoms with Crippen LogP contribution in [0, 0.1) is 5.92 Å². The summed E-state index contributed by atoms with van der Waals surface area (Å²) in [6.45, 7) is 2.43. The molecule has 0 spiro atoms. The maximum atomic E-state index is 13.9. The zero-order chi connectivity index (χ0) is 25.7. The zero-order valence-electron chi connectivity index (χ0n) is 21.3. The smallest absolute Gasteiger partial charge is 0.246 e. The topological polar surface area (TPSA) is 101 Å². The summed E-state index contributed by atoms with van der Waals surface area (Å²) >= 11 is 1.42. The number of ketones is 1. The molecule has 2 fully saturated rings. The van der Waals surface area contributed by atoms with E-state index in [-0.39, 0.29) is 35.6 Å². The lowest BCUT2D eigenvalue weighted by Gasteiger charge is -2.35. The van der Waals surface area contributed by atoms with Crippen LogP contribution in [0.4, 0.5) is 0 Å². The maximum Gasteiger partial charge on any atom is 0.246 e. The molecule has 0 radical (unpaired) electrons. The molecule has 1 unspecified atom stereocenters. The van der Waals surface area contributed by atoms with E-state index in [0.29, 0.717) is 23.6 Å². The van der Waals surface area contributed by atoms with Gasteiger partial charge in [-0.2, -0.15) is 0 Å². The first-order valence-electron chi connectivity index (χ1n) is 12.8. The Bertz CT molecular complexity index is 1080. The van der Waals surface area contributed by atoms with E-state index in [9.17, 15) is 14.4 Å². The minimum atomic E-state index is -0.535. The summed E-state index contributed by atoms with van der Waals surface area (Å²) in [6.07, 6.45) is 6.89. The van der Waals surface area contributed by atoms with E-state index >= 15 is 0 Å². The van der Waals surface area contributed by atoms with E-state index in [4.69, 9.17) is 4.74 Å². The third-order valence-electron chi connectivity index (χ3n) is 7.42. The number of nitrogens with zero attached hydrogens (tertiary/aromatic N) is 2. The number of hydrogen-bond acceptors (Lipinski definition) is 7. The van der Waals surface area contributed by atoms with Gasteiger partial charge < -0.3 is 20.3 Å². The van der Waals surface area contributed by atoms with Gasteiger partial charge in [-0.25, -0.2) is 4.98 Å². The molecule has 2 heterocycles. The molecule has 2 N–H and O–H groups in total. The van der Waals surface area contributed by atoms with E-state index in [0.717, 1.165) is 43.5 Å². The number of carbonyl (C=O) groups is 3. The monoisotopic (exact) mass is 512 g/mol. The zero-order valence-corrected chi connectivity index (χ0v) is 22.1. The average molecular weight is 513 g/mol. The van der Waals surface area contributed by atoms with Crippen LogP contribution in [0.3, 0.4) is 0 Å². The molecule has 2 amide bonds. The number of amides is 2. The van der Waals surface area contributed by atoms with Crippen molar-refractivity contribution in [3.05, 3.63) is 45.9 Å². The van der Waals surface area contributed by atoms with Crippen LogP contribution in [0.15, 0.2) is 29.6 Å². The number of carbonyl (C=O) groups excluding carboxylic acids is 3. The molecule has 1 saturated carbocycles. The number of methoxy groups -OCH3 is 1. The molecule has 1 aliphatic heterocycles. The largest absolute Gasteiger partial charge is 0.497 e. The fourth-order valence-corrected chi connectivity index (χ4v) is 6.13. The highest BCUT2D eigenvalue weighted by Gasteiger charge is 2.40. The van der Waals surface area contributed by atoms with E-state index in [1.807, 2.05) is 4.90 Å². The van der Waals surface area contributed by atoms with Gasteiger partial charge in [0.1, 0.15) is 22.5 Å². The Labute approximate surface area is 216 Å². The van der Waals surface area contributed by atoms with Crippen molar-refractivity contribution in [2.75, 3.05) is 20.7 Å². The summed E-state index contributed by atoms with van der Waals surface area (Å²) in [5, 5.41) is 8.57. The van der Waals surface area contributed by atoms with Crippen LogP contribution in [0.2, 0.25) is 0 Å². The molecule has 2 aliphatic rings. The number of nitrogens with one attached hydrogen (secondary N) is 2. The number of likely N-dealkylation sites (N-methyl/N-ethyl adjacent to an activating group) is 1. The summed E-state index contributed by atoms with van der Waals surface area (Å²) in [4.78, 5) is 46.2. The van der Waals surface area contributed by atoms with E-state index < -0.39 is 6.04 Å². The molecule has 1 aromatic carbocycles. The first-order chi connectivity index (χ1) is 17.4. The second kappa shape index (κ2) is 12.0. The van der Waals surface area contributed by atoms with Crippen LogP contribution in [-0.2, 0) is 9.59 Å². The van der Waals surface area contributed by atoms with Crippen molar-refractivity contribution in [3.63, 3.8) is 0 Å². The third kappa shape index (κ3) is 5.78. The average Bonchev–Trinajstić information content (AvgIpc) is 3.61. The van der Waals surface area contributed by atoms with Gasteiger partial charge in [-0.1, -0.05) is 31.4 Å². The number of hydrogen-bond donors (Lipinski definition) is 2. The van der Waals surface area contributed by atoms with Crippen molar-refractivity contribution in [3.8, 4) is 5.75 Å². The standard InChI is InChI=1S/C27H36N4O4S/c1-17(28-2)25(33)30-23(18-9-5-4-6-10-18)27(34)31-14-8-13-22(31)26-29-21(16-36-26)24(32)19-11-7-12-20(15-19)35-3/h7,11-12,15-18,22-23,28H,4-6,8-10,13-14H2,1-3H3,(H,30,33)/t17-,22?,23-/m0/s1. The number of likely N-dealkylation sites (tertiary alicyclic amines) is 1. The lowest BCUT2D eigenvalue weighted by molar-refractivity contribution is -0.139. The van der Waals surface area contributed by atoms with Gasteiger partial charge in [-0.15, -0.1) is 11.3 Å². The number of ether oxygens (including phenoxy) is 1. The molecule has 0 bridgehead atoms. The van der Waals surface area contributed by atoms with Crippen molar-refractivity contribution in [2.45, 2.75) is 70.0 Å². The molecule has 2 aromatic rings. The van der Waals surface area contributed by atoms with Crippen molar-refractivity contribution >= 4 is 28.9 Å². The van der Waals surface area contributed by atoms with Crippen LogP contribution in [0.25, 0.3) is 0 Å². The number of rotatable bonds is 9. The maximum absolute atomic E-state index is 13.9. The molecular formula is C27H36N4O4S. The van der Waals surface area contributed by atoms with Crippen molar-refractivity contribution in [2.24, 2.45) is 5.92 Å². The van der Waals surface area contributed by atoms with Gasteiger partial charge in [-0.05, 0) is 57.7 Å². The van der Waals surface area contributed by atoms with Crippen LogP contribution in [0.1, 0.15) is 79.0 Å². The van der Waals surface area contributed by atoms with E-state index in [1.54, 1.807) is 50.7 Å². The second-order valence-electron chi connectivity index (χ2n) is 9.72. The first kappa shape index (κ1) is 26.3. The second-order valence-corrected chi connectivity index (χ2v) is 10.6. The van der Waals surface area contributed by atoms with Gasteiger partial charge in [0.05, 0.1) is 19.2 Å². The lowest BCUT2D eigenvalue weighted by atomic mass is 9.83. The van der Waals surface area contributed by atoms with Gasteiger partial charge in [0.15, 0.2) is 0 Å². The lowest BCUT2D eigenvalue weighted by Crippen LogP contribution is -2.55. The number of aromatic nitrogens is 1. The Morgan fingerprint density at radius 1 is 1.14 bits per heavy atom. The van der Waals surface area contributed by atoms with Crippen molar-refractivity contribution in [1.82, 2.24) is 20.5 Å². The molecular weight excluding hydrogens is 476 g/mol. The van der Waals surface area contributed by atoms with Crippen LogP contribution < -0.4 is 15.4 Å². The molecule has 8 nitrogen and oxygen atoms in total. The summed E-state index contributed by atoms with van der Waals surface area (Å²) in [5.74, 6) is 0.407. The minimum absolute atomic E-state index is 0.0306. The van der Waals surface area contributed by atoms with Crippen LogP contribution in [0.5, 0.6) is 5.75 Å². The van der Waals surface area contributed by atoms with Crippen LogP contribution in [-0.4, -0.2) is 60.3 Å². The number of benzene rings is 1. The van der Waals surface area contributed by atoms with Crippen LogP contribution >= 0.6 is 11.3 Å². The quantitative estimate of drug-likeness (QED) is 0.497. The molecule has 9 heteroatoms. The Kier molecular flexibility index (Phi) is 8.74. The Balaban J connectivity index is 1.53. The Morgan fingerprint density at radius 3 is 2.64 bits per heavy atom. The highest BCUT2D eigenvalue weighted by atomic mass is 32.1. The fourth-order valence-electron chi connectivity index (χ4n) is 5.18. The van der Waals surface area contributed by atoms with Crippen molar-refractivity contribution in [1.29, 1.82) is 0 Å². The summed E-state index contributed by atoms with van der Waals surface area (Å²) in [5.41, 5.74) is 0.895. The molecule has 1 aromatic heterocycles. The van der Waals surface area contributed by atoms with E-state index in [2.05, 4.69) is 15.6 Å². The predicted molar refractivity (Wildman–Crippen MR) is 139 cm³/mol. The van der Waals surface area contributed by atoms with Gasteiger partial charge >= 0.3 is 0 Å². The predicted octanol–water partition coefficient (Wildman–Crippen LogP) is 3.72. The molecule has 1 aliphatic carbocycles. The number of thiazole rings is 1. The van der Waals surface area contributed by atoms with Gasteiger partial charge in [0, 0.05) is 17.5 Å². The molecule has 4 rings (SSSR count). The van der Waals surface area contributed by atoms with Gasteiger partial charge in [0.25, 0.3) is 0 Å². The Morgan fingerprint density at radius 2 is 1.92 bits per heavy atom. The Hall–Kier alpha value is -2.78. The third-order valence-corrected chi connectivity index (χ3v) is 8.36. The molecule has 3 atom stereocenters. The van der Waals surface area contributed by atoms with Gasteiger partial charge in [0.2, 0.25) is 17.6 Å². The molecule has 1 saturated heterocycles. The molecule has 36 heavy (non-hydrogen) atoms. The fraction of sp³-hybridized carbons (Fsp3) is 0.556.